The lowest BCUT2D eigenvalue weighted by atomic mass is 10.2. The van der Waals surface area contributed by atoms with E-state index < -0.39 is 0 Å². The van der Waals surface area contributed by atoms with Gasteiger partial charge in [0.25, 0.3) is 0 Å². The molecule has 0 aliphatic rings. The first kappa shape index (κ1) is 13.6. The summed E-state index contributed by atoms with van der Waals surface area (Å²) in [6, 6.07) is 3.80. The molecule has 2 N–H and O–H groups in total. The number of carbonyl (C=O) groups is 1. The maximum atomic E-state index is 10.1. The van der Waals surface area contributed by atoms with Gasteiger partial charge >= 0.3 is 0 Å². The summed E-state index contributed by atoms with van der Waals surface area (Å²) >= 11 is 0. The van der Waals surface area contributed by atoms with Gasteiger partial charge in [-0.1, -0.05) is 0 Å². The first-order chi connectivity index (χ1) is 4.74. The van der Waals surface area contributed by atoms with Crippen LogP contribution in [0.2, 0.25) is 0 Å². The average molecular weight is 211 g/mol. The molecule has 0 aromatic heterocycles. The third-order valence-electron chi connectivity index (χ3n) is 1.14. The molecule has 5 heteroatoms. The predicted molar refractivity (Wildman–Crippen MR) is 49.7 cm³/mol. The zero-order valence-corrected chi connectivity index (χ0v) is 7.56. The molecule has 0 radical (unpaired) electrons. The second-order valence-electron chi connectivity index (χ2n) is 1.86. The Balaban J connectivity index is 0. The molecule has 0 amide bonds. The first-order valence-electron chi connectivity index (χ1n) is 2.71. The van der Waals surface area contributed by atoms with Crippen LogP contribution in [0.3, 0.4) is 0 Å². The maximum Gasteiger partial charge on any atom is 0.153 e. The van der Waals surface area contributed by atoms with Gasteiger partial charge in [-0.3, -0.25) is 4.79 Å². The summed E-state index contributed by atoms with van der Waals surface area (Å²) in [5.74, 6) is -0.252. The summed E-state index contributed by atoms with van der Waals surface area (Å²) < 4.78 is 0. The topological polar surface area (TPSA) is 57.5 Å². The summed E-state index contributed by atoms with van der Waals surface area (Å²) in [5, 5.41) is 17.7. The van der Waals surface area contributed by atoms with Crippen molar-refractivity contribution in [2.24, 2.45) is 0 Å². The molecule has 12 heavy (non-hydrogen) atoms. The molecule has 0 saturated carbocycles. The van der Waals surface area contributed by atoms with Crippen molar-refractivity contribution in [3.8, 4) is 11.5 Å². The van der Waals surface area contributed by atoms with Crippen LogP contribution in [0.1, 0.15) is 10.4 Å². The highest BCUT2D eigenvalue weighted by atomic mass is 35.5. The van der Waals surface area contributed by atoms with Gasteiger partial charge in [-0.05, 0) is 12.1 Å². The molecule has 0 fully saturated rings. The lowest BCUT2D eigenvalue weighted by Crippen LogP contribution is -1.78. The molecule has 0 aliphatic heterocycles. The van der Waals surface area contributed by atoms with Crippen LogP contribution >= 0.6 is 24.8 Å². The predicted octanol–water partition coefficient (Wildman–Crippen LogP) is 1.75. The van der Waals surface area contributed by atoms with E-state index in [1.165, 1.54) is 12.1 Å². The number of rotatable bonds is 1. The van der Waals surface area contributed by atoms with Crippen molar-refractivity contribution in [2.45, 2.75) is 0 Å². The van der Waals surface area contributed by atoms with Crippen molar-refractivity contribution in [1.82, 2.24) is 0 Å². The van der Waals surface area contributed by atoms with Crippen LogP contribution in [0, 0.1) is 0 Å². The minimum absolute atomic E-state index is 0. The van der Waals surface area contributed by atoms with E-state index in [9.17, 15) is 4.79 Å². The van der Waals surface area contributed by atoms with Gasteiger partial charge in [0, 0.05) is 6.07 Å². The average Bonchev–Trinajstić information content (AvgIpc) is 1.88. The Kier molecular flexibility index (Phi) is 6.47. The van der Waals surface area contributed by atoms with Crippen molar-refractivity contribution >= 4 is 31.1 Å². The molecule has 0 heterocycles. The molecule has 1 aromatic carbocycles. The highest BCUT2D eigenvalue weighted by Gasteiger charge is 1.98. The van der Waals surface area contributed by atoms with Crippen molar-refractivity contribution < 1.29 is 15.0 Å². The van der Waals surface area contributed by atoms with Crippen LogP contribution in [-0.2, 0) is 0 Å². The van der Waals surface area contributed by atoms with Crippen molar-refractivity contribution in [3.05, 3.63) is 23.8 Å². The third kappa shape index (κ3) is 2.98. The number of carbonyl (C=O) groups excluding carboxylic acids is 1. The lowest BCUT2D eigenvalue weighted by Gasteiger charge is -1.95. The minimum Gasteiger partial charge on any atom is -0.508 e. The zero-order valence-electron chi connectivity index (χ0n) is 5.93. The number of benzene rings is 1. The van der Waals surface area contributed by atoms with E-state index in [-0.39, 0.29) is 41.9 Å². The monoisotopic (exact) mass is 210 g/mol. The minimum atomic E-state index is -0.199. The fourth-order valence-electron chi connectivity index (χ4n) is 0.632. The number of halogens is 2. The third-order valence-corrected chi connectivity index (χ3v) is 1.14. The van der Waals surface area contributed by atoms with E-state index in [1.54, 1.807) is 0 Å². The molecule has 0 saturated heterocycles. The van der Waals surface area contributed by atoms with Gasteiger partial charge in [0.15, 0.2) is 6.29 Å². The summed E-state index contributed by atoms with van der Waals surface area (Å²) in [5.41, 5.74) is 0.179. The number of aromatic hydroxyl groups is 2. The van der Waals surface area contributed by atoms with Gasteiger partial charge in [0.2, 0.25) is 0 Å². The van der Waals surface area contributed by atoms with Crippen LogP contribution in [0.5, 0.6) is 11.5 Å². The number of hydrogen-bond donors (Lipinski definition) is 2. The van der Waals surface area contributed by atoms with Crippen LogP contribution < -0.4 is 0 Å². The van der Waals surface area contributed by atoms with Crippen molar-refractivity contribution in [1.29, 1.82) is 0 Å². The molecule has 0 bridgehead atoms. The van der Waals surface area contributed by atoms with E-state index in [0.29, 0.717) is 6.29 Å². The number of hydrogen-bond acceptors (Lipinski definition) is 3. The highest BCUT2D eigenvalue weighted by Crippen LogP contribution is 2.20. The molecule has 0 aliphatic carbocycles. The SMILES string of the molecule is Cl.Cl.O=Cc1ccc(O)cc1O. The number of phenols is 2. The normalized spacial score (nSPS) is 7.67. The number of phenolic OH excluding ortho intramolecular Hbond substituents is 2. The van der Waals surface area contributed by atoms with Crippen LogP contribution in [-0.4, -0.2) is 16.5 Å². The largest absolute Gasteiger partial charge is 0.508 e. The van der Waals surface area contributed by atoms with Gasteiger partial charge < -0.3 is 10.2 Å². The Morgan fingerprint density at radius 2 is 1.75 bits per heavy atom. The summed E-state index contributed by atoms with van der Waals surface area (Å²) in [6.45, 7) is 0. The second kappa shape index (κ2) is 5.69. The second-order valence-corrected chi connectivity index (χ2v) is 1.86. The smallest absolute Gasteiger partial charge is 0.153 e. The fraction of sp³-hybridized carbons (Fsp3) is 0. The van der Waals surface area contributed by atoms with Crippen LogP contribution in [0.4, 0.5) is 0 Å². The van der Waals surface area contributed by atoms with E-state index in [0.717, 1.165) is 6.07 Å². The molecular formula is C7H8Cl2O3. The lowest BCUT2D eigenvalue weighted by molar-refractivity contribution is 0.112. The van der Waals surface area contributed by atoms with Gasteiger partial charge in [-0.25, -0.2) is 0 Å². The van der Waals surface area contributed by atoms with Crippen LogP contribution in [0.15, 0.2) is 18.2 Å². The Hall–Kier alpha value is -0.930. The van der Waals surface area contributed by atoms with Gasteiger partial charge in [-0.15, -0.1) is 24.8 Å². The van der Waals surface area contributed by atoms with Gasteiger partial charge in [-0.2, -0.15) is 0 Å². The molecule has 0 unspecified atom stereocenters. The highest BCUT2D eigenvalue weighted by molar-refractivity contribution is 5.85. The Labute approximate surface area is 81.9 Å². The van der Waals surface area contributed by atoms with E-state index in [4.69, 9.17) is 10.2 Å². The van der Waals surface area contributed by atoms with Crippen molar-refractivity contribution in [2.75, 3.05) is 0 Å². The molecule has 0 spiro atoms. The molecule has 0 atom stereocenters. The molecule has 3 nitrogen and oxygen atoms in total. The molecule has 1 aromatic rings. The Morgan fingerprint density at radius 1 is 1.17 bits per heavy atom. The fourth-order valence-corrected chi connectivity index (χ4v) is 0.632. The molecule has 1 rings (SSSR count). The van der Waals surface area contributed by atoms with Crippen LogP contribution in [0.25, 0.3) is 0 Å². The zero-order chi connectivity index (χ0) is 7.56. The Bertz CT molecular complexity index is 263. The Morgan fingerprint density at radius 3 is 2.17 bits per heavy atom. The van der Waals surface area contributed by atoms with Gasteiger partial charge in [0.05, 0.1) is 5.56 Å². The first-order valence-corrected chi connectivity index (χ1v) is 2.71. The summed E-state index contributed by atoms with van der Waals surface area (Å²) in [6.07, 6.45) is 0.523. The quantitative estimate of drug-likeness (QED) is 0.695. The molecule has 68 valence electrons. The van der Waals surface area contributed by atoms with E-state index >= 15 is 0 Å². The maximum absolute atomic E-state index is 10.1. The molecular weight excluding hydrogens is 203 g/mol. The van der Waals surface area contributed by atoms with Gasteiger partial charge in [0.1, 0.15) is 11.5 Å². The summed E-state index contributed by atoms with van der Waals surface area (Å²) in [4.78, 5) is 10.1. The van der Waals surface area contributed by atoms with E-state index in [2.05, 4.69) is 0 Å². The standard InChI is InChI=1S/C7H6O3.2ClH/c8-4-5-1-2-6(9)3-7(5)10;;/h1-4,9-10H;2*1H. The number of aldehydes is 1. The summed E-state index contributed by atoms with van der Waals surface area (Å²) in [7, 11) is 0. The van der Waals surface area contributed by atoms with E-state index in [1.807, 2.05) is 0 Å². The van der Waals surface area contributed by atoms with Crippen molar-refractivity contribution in [3.63, 3.8) is 0 Å².